The van der Waals surface area contributed by atoms with E-state index in [1.807, 2.05) is 63.3 Å². The molecule has 0 spiro atoms. The highest BCUT2D eigenvalue weighted by Gasteiger charge is 2.48. The molecule has 1 aromatic rings. The van der Waals surface area contributed by atoms with Gasteiger partial charge in [-0.05, 0) is 53.0 Å². The SMILES string of the molecule is CCOP(=O)(OCC)[C@H]1C[C@H](C(=O)OC(C)(C)C)[C@@H](C/C=C/c2ccccc2)N1. The lowest BCUT2D eigenvalue weighted by Gasteiger charge is -2.24. The van der Waals surface area contributed by atoms with Gasteiger partial charge < -0.3 is 13.8 Å². The largest absolute Gasteiger partial charge is 0.460 e. The fraction of sp³-hybridized carbons (Fsp3) is 0.591. The van der Waals surface area contributed by atoms with Crippen LogP contribution in [-0.2, 0) is 23.1 Å². The third-order valence-corrected chi connectivity index (χ3v) is 6.94. The first-order chi connectivity index (χ1) is 13.7. The maximum atomic E-state index is 13.2. The lowest BCUT2D eigenvalue weighted by atomic mass is 9.97. The normalized spacial score (nSPS) is 22.9. The minimum atomic E-state index is -3.37. The first-order valence-electron chi connectivity index (χ1n) is 10.3. The van der Waals surface area contributed by atoms with Crippen LogP contribution in [0.1, 0.15) is 53.0 Å². The summed E-state index contributed by atoms with van der Waals surface area (Å²) in [6, 6.07) is 9.76. The average Bonchev–Trinajstić information content (AvgIpc) is 3.07. The van der Waals surface area contributed by atoms with Gasteiger partial charge in [-0.2, -0.15) is 0 Å². The monoisotopic (exact) mass is 423 g/mol. The van der Waals surface area contributed by atoms with Crippen LogP contribution in [0.4, 0.5) is 0 Å². The fourth-order valence-corrected chi connectivity index (χ4v) is 5.43. The van der Waals surface area contributed by atoms with Gasteiger partial charge in [0.2, 0.25) is 0 Å². The van der Waals surface area contributed by atoms with Gasteiger partial charge >= 0.3 is 13.6 Å². The Hall–Kier alpha value is -1.46. The molecule has 3 atom stereocenters. The molecule has 1 aliphatic rings. The zero-order chi connectivity index (χ0) is 21.5. The molecule has 162 valence electrons. The van der Waals surface area contributed by atoms with Crippen molar-refractivity contribution in [3.63, 3.8) is 0 Å². The third-order valence-electron chi connectivity index (χ3n) is 4.58. The van der Waals surface area contributed by atoms with Crippen molar-refractivity contribution in [2.45, 2.75) is 64.9 Å². The molecule has 1 saturated heterocycles. The maximum Gasteiger partial charge on any atom is 0.347 e. The first kappa shape index (κ1) is 23.8. The highest BCUT2D eigenvalue weighted by Crippen LogP contribution is 2.56. The zero-order valence-corrected chi connectivity index (χ0v) is 19.0. The van der Waals surface area contributed by atoms with Crippen molar-refractivity contribution >= 4 is 19.6 Å². The summed E-state index contributed by atoms with van der Waals surface area (Å²) in [6.45, 7) is 9.68. The number of nitrogens with one attached hydrogen (secondary N) is 1. The lowest BCUT2D eigenvalue weighted by Crippen LogP contribution is -2.36. The molecule has 1 aromatic carbocycles. The number of carbonyl (C=O) groups is 1. The van der Waals surface area contributed by atoms with E-state index in [0.717, 1.165) is 5.56 Å². The predicted octanol–water partition coefficient (Wildman–Crippen LogP) is 5.00. The molecular formula is C22H34NO5P. The van der Waals surface area contributed by atoms with Crippen molar-refractivity contribution in [3.05, 3.63) is 42.0 Å². The second-order valence-electron chi connectivity index (χ2n) is 8.09. The van der Waals surface area contributed by atoms with Gasteiger partial charge in [0.25, 0.3) is 0 Å². The fourth-order valence-electron chi connectivity index (χ4n) is 3.42. The number of hydrogen-bond acceptors (Lipinski definition) is 6. The molecule has 7 heteroatoms. The Bertz CT molecular complexity index is 718. The van der Waals surface area contributed by atoms with E-state index in [2.05, 4.69) is 5.32 Å². The topological polar surface area (TPSA) is 73.9 Å². The van der Waals surface area contributed by atoms with Gasteiger partial charge in [-0.25, -0.2) is 0 Å². The number of ether oxygens (including phenoxy) is 1. The second-order valence-corrected chi connectivity index (χ2v) is 10.3. The minimum absolute atomic E-state index is 0.205. The summed E-state index contributed by atoms with van der Waals surface area (Å²) in [5.74, 6) is -1.24. The van der Waals surface area contributed by atoms with Crippen LogP contribution >= 0.6 is 7.60 Å². The molecule has 1 heterocycles. The van der Waals surface area contributed by atoms with Crippen molar-refractivity contribution < 1.29 is 23.1 Å². The van der Waals surface area contributed by atoms with Crippen molar-refractivity contribution in [1.29, 1.82) is 0 Å². The molecule has 29 heavy (non-hydrogen) atoms. The van der Waals surface area contributed by atoms with Gasteiger partial charge in [0.05, 0.1) is 19.1 Å². The molecule has 1 aliphatic heterocycles. The molecule has 2 rings (SSSR count). The molecule has 1 N–H and O–H groups in total. The van der Waals surface area contributed by atoms with Gasteiger partial charge in [-0.1, -0.05) is 42.5 Å². The van der Waals surface area contributed by atoms with Crippen LogP contribution in [0.15, 0.2) is 36.4 Å². The highest BCUT2D eigenvalue weighted by molar-refractivity contribution is 7.54. The standard InChI is InChI=1S/C22H34NO5P/c1-6-26-29(25,27-7-2)20-16-18(21(24)28-22(3,4)5)19(23-20)15-11-14-17-12-9-8-10-13-17/h8-14,18-20,23H,6-7,15-16H2,1-5H3/b14-11+/t18-,19+,20-/m0/s1. The number of esters is 1. The molecule has 1 fully saturated rings. The molecule has 0 saturated carbocycles. The Morgan fingerprint density at radius 1 is 1.17 bits per heavy atom. The molecule has 0 radical (unpaired) electrons. The van der Waals surface area contributed by atoms with Crippen molar-refractivity contribution in [1.82, 2.24) is 5.32 Å². The van der Waals surface area contributed by atoms with Gasteiger partial charge in [0.1, 0.15) is 11.4 Å². The van der Waals surface area contributed by atoms with Crippen LogP contribution in [-0.4, -0.2) is 36.6 Å². The van der Waals surface area contributed by atoms with Gasteiger partial charge in [0, 0.05) is 6.04 Å². The van der Waals surface area contributed by atoms with Gasteiger partial charge in [0.15, 0.2) is 0 Å². The van der Waals surface area contributed by atoms with Crippen LogP contribution in [0.3, 0.4) is 0 Å². The van der Waals surface area contributed by atoms with E-state index >= 15 is 0 Å². The first-order valence-corrected chi connectivity index (χ1v) is 11.9. The van der Waals surface area contributed by atoms with E-state index in [-0.39, 0.29) is 25.2 Å². The Morgan fingerprint density at radius 2 is 1.79 bits per heavy atom. The van der Waals surface area contributed by atoms with E-state index in [1.165, 1.54) is 0 Å². The number of hydrogen-bond donors (Lipinski definition) is 1. The molecule has 0 aliphatic carbocycles. The Kier molecular flexibility index (Phi) is 8.65. The number of carbonyl (C=O) groups excluding carboxylic acids is 1. The summed E-state index contributed by atoms with van der Waals surface area (Å²) in [5.41, 5.74) is 0.508. The van der Waals surface area contributed by atoms with Crippen LogP contribution in [0.25, 0.3) is 6.08 Å². The quantitative estimate of drug-likeness (QED) is 0.445. The van der Waals surface area contributed by atoms with E-state index in [0.29, 0.717) is 12.8 Å². The van der Waals surface area contributed by atoms with Crippen molar-refractivity contribution in [3.8, 4) is 0 Å². The summed E-state index contributed by atoms with van der Waals surface area (Å²) in [4.78, 5) is 12.8. The van der Waals surface area contributed by atoms with Crippen LogP contribution in [0.2, 0.25) is 0 Å². The van der Waals surface area contributed by atoms with Gasteiger partial charge in [-0.3, -0.25) is 14.7 Å². The molecule has 0 amide bonds. The van der Waals surface area contributed by atoms with E-state index in [9.17, 15) is 9.36 Å². The molecule has 0 unspecified atom stereocenters. The van der Waals surface area contributed by atoms with Crippen LogP contribution in [0, 0.1) is 5.92 Å². The molecule has 6 nitrogen and oxygen atoms in total. The highest BCUT2D eigenvalue weighted by atomic mass is 31.2. The Balaban J connectivity index is 2.18. The number of benzene rings is 1. The average molecular weight is 423 g/mol. The lowest BCUT2D eigenvalue weighted by molar-refractivity contribution is -0.160. The summed E-state index contributed by atoms with van der Waals surface area (Å²) in [7, 11) is -3.37. The smallest absolute Gasteiger partial charge is 0.347 e. The maximum absolute atomic E-state index is 13.2. The van der Waals surface area contributed by atoms with Crippen molar-refractivity contribution in [2.24, 2.45) is 5.92 Å². The van der Waals surface area contributed by atoms with Crippen LogP contribution < -0.4 is 5.32 Å². The molecule has 0 aromatic heterocycles. The molecule has 0 bridgehead atoms. The summed E-state index contributed by atoms with van der Waals surface area (Å²) in [6.07, 6.45) is 5.01. The zero-order valence-electron chi connectivity index (χ0n) is 18.1. The Morgan fingerprint density at radius 3 is 2.34 bits per heavy atom. The van der Waals surface area contributed by atoms with Gasteiger partial charge in [-0.15, -0.1) is 0 Å². The summed E-state index contributed by atoms with van der Waals surface area (Å²) < 4.78 is 29.9. The van der Waals surface area contributed by atoms with E-state index < -0.39 is 24.9 Å². The minimum Gasteiger partial charge on any atom is -0.460 e. The Labute approximate surface area is 174 Å². The predicted molar refractivity (Wildman–Crippen MR) is 116 cm³/mol. The van der Waals surface area contributed by atoms with Crippen molar-refractivity contribution in [2.75, 3.05) is 13.2 Å². The third kappa shape index (κ3) is 7.07. The number of rotatable bonds is 9. The molecular weight excluding hydrogens is 389 g/mol. The van der Waals surface area contributed by atoms with Crippen LogP contribution in [0.5, 0.6) is 0 Å². The second kappa shape index (κ2) is 10.5. The summed E-state index contributed by atoms with van der Waals surface area (Å²) in [5, 5.41) is 3.34. The van der Waals surface area contributed by atoms with E-state index in [1.54, 1.807) is 13.8 Å². The summed E-state index contributed by atoms with van der Waals surface area (Å²) >= 11 is 0. The van der Waals surface area contributed by atoms with E-state index in [4.69, 9.17) is 13.8 Å².